The molecule has 0 aliphatic heterocycles. The molecule has 2 N–H and O–H groups in total. The molecule has 0 aromatic carbocycles. The molecule has 0 spiro atoms. The summed E-state index contributed by atoms with van der Waals surface area (Å²) in [6.07, 6.45) is 2.81. The van der Waals surface area contributed by atoms with Crippen LogP contribution in [0.1, 0.15) is 19.8 Å². The van der Waals surface area contributed by atoms with Crippen molar-refractivity contribution >= 4 is 0 Å². The molecule has 2 heteroatoms. The number of rotatable bonds is 5. The molecule has 0 radical (unpaired) electrons. The van der Waals surface area contributed by atoms with Gasteiger partial charge in [-0.25, -0.2) is 0 Å². The van der Waals surface area contributed by atoms with Gasteiger partial charge in [0, 0.05) is 6.61 Å². The van der Waals surface area contributed by atoms with Crippen molar-refractivity contribution in [2.24, 2.45) is 11.8 Å². The van der Waals surface area contributed by atoms with E-state index in [4.69, 9.17) is 5.11 Å². The van der Waals surface area contributed by atoms with Crippen molar-refractivity contribution in [3.63, 3.8) is 0 Å². The largest absolute Gasteiger partial charge is 0.396 e. The van der Waals surface area contributed by atoms with Gasteiger partial charge in [-0.05, 0) is 37.8 Å². The van der Waals surface area contributed by atoms with E-state index in [2.05, 4.69) is 12.2 Å². The van der Waals surface area contributed by atoms with Crippen molar-refractivity contribution in [2.45, 2.75) is 19.8 Å². The van der Waals surface area contributed by atoms with Crippen LogP contribution in [0.3, 0.4) is 0 Å². The average molecular weight is 143 g/mol. The third-order valence-electron chi connectivity index (χ3n) is 1.93. The van der Waals surface area contributed by atoms with Gasteiger partial charge >= 0.3 is 0 Å². The van der Waals surface area contributed by atoms with E-state index in [9.17, 15) is 0 Å². The van der Waals surface area contributed by atoms with Gasteiger partial charge in [0.1, 0.15) is 0 Å². The molecule has 1 aliphatic rings. The van der Waals surface area contributed by atoms with Gasteiger partial charge in [-0.15, -0.1) is 0 Å². The molecule has 0 saturated heterocycles. The molecular formula is C8H17NO. The molecule has 2 nitrogen and oxygen atoms in total. The minimum atomic E-state index is 0.303. The molecule has 1 rings (SSSR count). The van der Waals surface area contributed by atoms with E-state index in [0.29, 0.717) is 12.5 Å². The van der Waals surface area contributed by atoms with Crippen LogP contribution in [0.25, 0.3) is 0 Å². The van der Waals surface area contributed by atoms with Gasteiger partial charge in [0.15, 0.2) is 0 Å². The Balaban J connectivity index is 1.83. The van der Waals surface area contributed by atoms with Gasteiger partial charge in [0.05, 0.1) is 0 Å². The highest BCUT2D eigenvalue weighted by Gasteiger charge is 2.20. The maximum absolute atomic E-state index is 8.68. The predicted molar refractivity (Wildman–Crippen MR) is 41.8 cm³/mol. The molecule has 1 saturated carbocycles. The summed E-state index contributed by atoms with van der Waals surface area (Å²) in [5, 5.41) is 12.0. The molecule has 1 fully saturated rings. The molecule has 0 heterocycles. The number of aliphatic hydroxyl groups is 1. The van der Waals surface area contributed by atoms with Crippen molar-refractivity contribution in [1.29, 1.82) is 0 Å². The van der Waals surface area contributed by atoms with Gasteiger partial charge in [-0.1, -0.05) is 6.92 Å². The molecule has 0 aromatic rings. The molecule has 0 amide bonds. The zero-order chi connectivity index (χ0) is 7.40. The summed E-state index contributed by atoms with van der Waals surface area (Å²) in [5.41, 5.74) is 0. The van der Waals surface area contributed by atoms with Crippen molar-refractivity contribution in [3.8, 4) is 0 Å². The normalized spacial score (nSPS) is 21.0. The molecule has 60 valence electrons. The van der Waals surface area contributed by atoms with E-state index >= 15 is 0 Å². The Morgan fingerprint density at radius 1 is 1.60 bits per heavy atom. The zero-order valence-electron chi connectivity index (χ0n) is 6.64. The second-order valence-corrected chi connectivity index (χ2v) is 3.39. The molecule has 10 heavy (non-hydrogen) atoms. The summed E-state index contributed by atoms with van der Waals surface area (Å²) in [7, 11) is 0. The second kappa shape index (κ2) is 3.94. The molecule has 0 bridgehead atoms. The summed E-state index contributed by atoms with van der Waals surface area (Å²) in [4.78, 5) is 0. The Morgan fingerprint density at radius 3 is 2.80 bits per heavy atom. The smallest absolute Gasteiger partial charge is 0.0468 e. The zero-order valence-corrected chi connectivity index (χ0v) is 6.64. The first kappa shape index (κ1) is 8.02. The Kier molecular flexibility index (Phi) is 3.16. The standard InChI is InChI=1S/C8H17NO/c1-7(6-10)4-9-5-8-2-3-8/h7-10H,2-6H2,1H3. The second-order valence-electron chi connectivity index (χ2n) is 3.39. The monoisotopic (exact) mass is 143 g/mol. The first-order chi connectivity index (χ1) is 4.83. The van der Waals surface area contributed by atoms with Crippen molar-refractivity contribution < 1.29 is 5.11 Å². The van der Waals surface area contributed by atoms with Gasteiger partial charge < -0.3 is 10.4 Å². The Bertz CT molecular complexity index is 91.3. The number of hydrogen-bond donors (Lipinski definition) is 2. The lowest BCUT2D eigenvalue weighted by atomic mass is 10.2. The van der Waals surface area contributed by atoms with Crippen molar-refractivity contribution in [3.05, 3.63) is 0 Å². The predicted octanol–water partition coefficient (Wildman–Crippen LogP) is 0.614. The number of hydrogen-bond acceptors (Lipinski definition) is 2. The quantitative estimate of drug-likeness (QED) is 0.591. The van der Waals surface area contributed by atoms with Crippen LogP contribution in [0.4, 0.5) is 0 Å². The van der Waals surface area contributed by atoms with Crippen LogP contribution < -0.4 is 5.32 Å². The van der Waals surface area contributed by atoms with Crippen LogP contribution in [-0.4, -0.2) is 24.8 Å². The summed E-state index contributed by atoms with van der Waals surface area (Å²) in [6, 6.07) is 0. The van der Waals surface area contributed by atoms with E-state index in [1.165, 1.54) is 12.8 Å². The third kappa shape index (κ3) is 3.18. The summed E-state index contributed by atoms with van der Waals surface area (Å²) < 4.78 is 0. The minimum Gasteiger partial charge on any atom is -0.396 e. The van der Waals surface area contributed by atoms with E-state index in [1.807, 2.05) is 0 Å². The van der Waals surface area contributed by atoms with Crippen LogP contribution in [-0.2, 0) is 0 Å². The highest BCUT2D eigenvalue weighted by molar-refractivity contribution is 4.75. The number of nitrogens with one attached hydrogen (secondary N) is 1. The Labute approximate surface area is 62.6 Å². The Hall–Kier alpha value is -0.0800. The van der Waals surface area contributed by atoms with E-state index in [1.54, 1.807) is 0 Å². The van der Waals surface area contributed by atoms with E-state index in [-0.39, 0.29) is 0 Å². The topological polar surface area (TPSA) is 32.3 Å². The summed E-state index contributed by atoms with van der Waals surface area (Å²) >= 11 is 0. The van der Waals surface area contributed by atoms with Crippen LogP contribution >= 0.6 is 0 Å². The van der Waals surface area contributed by atoms with E-state index in [0.717, 1.165) is 19.0 Å². The molecule has 0 aromatic heterocycles. The molecule has 1 aliphatic carbocycles. The fraction of sp³-hybridized carbons (Fsp3) is 1.00. The van der Waals surface area contributed by atoms with Crippen molar-refractivity contribution in [2.75, 3.05) is 19.7 Å². The number of aliphatic hydroxyl groups excluding tert-OH is 1. The van der Waals surface area contributed by atoms with Gasteiger partial charge in [0.25, 0.3) is 0 Å². The Morgan fingerprint density at radius 2 is 2.30 bits per heavy atom. The van der Waals surface area contributed by atoms with Gasteiger partial charge in [-0.3, -0.25) is 0 Å². The fourth-order valence-corrected chi connectivity index (χ4v) is 0.920. The van der Waals surface area contributed by atoms with Gasteiger partial charge in [0.2, 0.25) is 0 Å². The minimum absolute atomic E-state index is 0.303. The molecular weight excluding hydrogens is 126 g/mol. The lowest BCUT2D eigenvalue weighted by Gasteiger charge is -2.07. The maximum atomic E-state index is 8.68. The van der Waals surface area contributed by atoms with Crippen LogP contribution in [0.5, 0.6) is 0 Å². The molecule has 1 atom stereocenters. The van der Waals surface area contributed by atoms with Gasteiger partial charge in [-0.2, -0.15) is 0 Å². The molecule has 1 unspecified atom stereocenters. The lowest BCUT2D eigenvalue weighted by Crippen LogP contribution is -2.24. The summed E-state index contributed by atoms with van der Waals surface area (Å²) in [6.45, 7) is 4.48. The van der Waals surface area contributed by atoms with Crippen LogP contribution in [0, 0.1) is 11.8 Å². The van der Waals surface area contributed by atoms with Crippen LogP contribution in [0.15, 0.2) is 0 Å². The first-order valence-electron chi connectivity index (χ1n) is 4.14. The SMILES string of the molecule is CC(CO)CNCC1CC1. The highest BCUT2D eigenvalue weighted by Crippen LogP contribution is 2.27. The third-order valence-corrected chi connectivity index (χ3v) is 1.93. The first-order valence-corrected chi connectivity index (χ1v) is 4.14. The lowest BCUT2D eigenvalue weighted by molar-refractivity contribution is 0.233. The maximum Gasteiger partial charge on any atom is 0.0468 e. The average Bonchev–Trinajstić information content (AvgIpc) is 2.71. The fourth-order valence-electron chi connectivity index (χ4n) is 0.920. The van der Waals surface area contributed by atoms with E-state index < -0.39 is 0 Å². The summed E-state index contributed by atoms with van der Waals surface area (Å²) in [5.74, 6) is 1.37. The highest BCUT2D eigenvalue weighted by atomic mass is 16.3. The van der Waals surface area contributed by atoms with Crippen LogP contribution in [0.2, 0.25) is 0 Å². The van der Waals surface area contributed by atoms with Crippen molar-refractivity contribution in [1.82, 2.24) is 5.32 Å².